The number of rotatable bonds is 6. The predicted octanol–water partition coefficient (Wildman–Crippen LogP) is 4.24. The van der Waals surface area contributed by atoms with Crippen molar-refractivity contribution in [2.75, 3.05) is 17.7 Å². The fraction of sp³-hybridized carbons (Fsp3) is 0.200. The molecule has 2 aromatic rings. The first kappa shape index (κ1) is 18.3. The van der Waals surface area contributed by atoms with Crippen molar-refractivity contribution in [1.29, 1.82) is 0 Å². The molecule has 5 heteroatoms. The lowest BCUT2D eigenvalue weighted by Gasteiger charge is -2.12. The van der Waals surface area contributed by atoms with E-state index in [1.165, 1.54) is 0 Å². The van der Waals surface area contributed by atoms with Crippen LogP contribution in [0.5, 0.6) is 5.75 Å². The number of nitrogens with one attached hydrogen (secondary N) is 2. The van der Waals surface area contributed by atoms with Gasteiger partial charge < -0.3 is 15.4 Å². The normalized spacial score (nSPS) is 10.9. The number of methoxy groups -OCH3 is 1. The van der Waals surface area contributed by atoms with Crippen LogP contribution in [-0.2, 0) is 4.79 Å². The Hall–Kier alpha value is -3.08. The van der Waals surface area contributed by atoms with E-state index in [2.05, 4.69) is 10.6 Å². The summed E-state index contributed by atoms with van der Waals surface area (Å²) in [5.41, 5.74) is 2.10. The molecule has 25 heavy (non-hydrogen) atoms. The summed E-state index contributed by atoms with van der Waals surface area (Å²) < 4.78 is 5.15. The van der Waals surface area contributed by atoms with Crippen LogP contribution in [0.25, 0.3) is 0 Å². The molecule has 0 fully saturated rings. The first-order valence-corrected chi connectivity index (χ1v) is 8.07. The summed E-state index contributed by atoms with van der Waals surface area (Å²) in [6.45, 7) is 3.71. The minimum atomic E-state index is -0.304. The molecular weight excluding hydrogens is 316 g/mol. The number of amides is 2. The molecule has 0 aliphatic carbocycles. The quantitative estimate of drug-likeness (QED) is 0.774. The zero-order valence-corrected chi connectivity index (χ0v) is 14.6. The number of hydrogen-bond donors (Lipinski definition) is 2. The van der Waals surface area contributed by atoms with E-state index in [1.807, 2.05) is 13.0 Å². The van der Waals surface area contributed by atoms with Gasteiger partial charge in [0.15, 0.2) is 0 Å². The van der Waals surface area contributed by atoms with E-state index in [1.54, 1.807) is 62.6 Å². The third-order valence-corrected chi connectivity index (χ3v) is 3.62. The van der Waals surface area contributed by atoms with Crippen LogP contribution in [0.3, 0.4) is 0 Å². The second-order valence-electron chi connectivity index (χ2n) is 5.48. The second kappa shape index (κ2) is 8.68. The van der Waals surface area contributed by atoms with Gasteiger partial charge in [0, 0.05) is 17.3 Å². The van der Waals surface area contributed by atoms with Gasteiger partial charge in [-0.15, -0.1) is 0 Å². The Balaban J connectivity index is 2.20. The third-order valence-electron chi connectivity index (χ3n) is 3.62. The van der Waals surface area contributed by atoms with Crippen LogP contribution in [0.2, 0.25) is 0 Å². The Morgan fingerprint density at radius 3 is 2.56 bits per heavy atom. The van der Waals surface area contributed by atoms with Gasteiger partial charge >= 0.3 is 0 Å². The van der Waals surface area contributed by atoms with Gasteiger partial charge in [-0.3, -0.25) is 9.59 Å². The van der Waals surface area contributed by atoms with Crippen LogP contribution >= 0.6 is 0 Å². The minimum absolute atomic E-state index is 0.219. The van der Waals surface area contributed by atoms with E-state index in [4.69, 9.17) is 4.74 Å². The number of para-hydroxylation sites is 1. The Morgan fingerprint density at radius 1 is 1.08 bits per heavy atom. The van der Waals surface area contributed by atoms with Crippen LogP contribution in [0, 0.1) is 0 Å². The summed E-state index contributed by atoms with van der Waals surface area (Å²) in [6, 6.07) is 14.0. The number of anilines is 2. The van der Waals surface area contributed by atoms with Gasteiger partial charge in [-0.1, -0.05) is 31.2 Å². The molecule has 2 rings (SSSR count). The van der Waals surface area contributed by atoms with Gasteiger partial charge in [-0.05, 0) is 37.6 Å². The molecule has 130 valence electrons. The number of carbonyl (C=O) groups is 2. The lowest BCUT2D eigenvalue weighted by Crippen LogP contribution is -2.18. The molecule has 2 amide bonds. The van der Waals surface area contributed by atoms with Crippen LogP contribution in [0.1, 0.15) is 30.6 Å². The summed E-state index contributed by atoms with van der Waals surface area (Å²) in [6.07, 6.45) is 2.62. The van der Waals surface area contributed by atoms with Crippen molar-refractivity contribution in [2.24, 2.45) is 0 Å². The van der Waals surface area contributed by atoms with Crippen molar-refractivity contribution in [3.05, 3.63) is 65.7 Å². The van der Waals surface area contributed by atoms with Crippen LogP contribution in [0.4, 0.5) is 11.4 Å². The highest BCUT2D eigenvalue weighted by atomic mass is 16.5. The van der Waals surface area contributed by atoms with Crippen molar-refractivity contribution in [3.8, 4) is 5.75 Å². The van der Waals surface area contributed by atoms with Crippen LogP contribution in [0.15, 0.2) is 60.2 Å². The molecule has 0 saturated carbocycles. The molecule has 0 aromatic heterocycles. The van der Waals surface area contributed by atoms with Crippen molar-refractivity contribution in [1.82, 2.24) is 0 Å². The molecule has 0 aliphatic heterocycles. The molecule has 0 saturated heterocycles. The molecule has 0 spiro atoms. The number of benzene rings is 2. The summed E-state index contributed by atoms with van der Waals surface area (Å²) in [4.78, 5) is 24.8. The standard InChI is InChI=1S/C20H22N2O3/c1-4-8-14(2)19(23)22-18-12-6-5-11-17(18)20(24)21-15-9-7-10-16(13-15)25-3/h5-13H,4H2,1-3H3,(H,21,24)(H,22,23)/b14-8-. The van der Waals surface area contributed by atoms with Crippen molar-refractivity contribution >= 4 is 23.2 Å². The fourth-order valence-electron chi connectivity index (χ4n) is 2.31. The average molecular weight is 338 g/mol. The minimum Gasteiger partial charge on any atom is -0.497 e. The average Bonchev–Trinajstić information content (AvgIpc) is 2.62. The molecule has 0 aliphatic rings. The predicted molar refractivity (Wildman–Crippen MR) is 100 cm³/mol. The van der Waals surface area contributed by atoms with E-state index >= 15 is 0 Å². The lowest BCUT2D eigenvalue weighted by atomic mass is 10.1. The summed E-state index contributed by atoms with van der Waals surface area (Å²) in [5, 5.41) is 5.61. The van der Waals surface area contributed by atoms with E-state index in [-0.39, 0.29) is 11.8 Å². The SMILES string of the molecule is CC/C=C(/C)C(=O)Nc1ccccc1C(=O)Nc1cccc(OC)c1. The molecule has 0 bridgehead atoms. The Bertz CT molecular complexity index is 797. The maximum atomic E-state index is 12.6. The summed E-state index contributed by atoms with van der Waals surface area (Å²) in [7, 11) is 1.57. The third kappa shape index (κ3) is 4.94. The molecule has 0 unspecified atom stereocenters. The maximum Gasteiger partial charge on any atom is 0.257 e. The van der Waals surface area contributed by atoms with Gasteiger partial charge in [-0.2, -0.15) is 0 Å². The lowest BCUT2D eigenvalue weighted by molar-refractivity contribution is -0.112. The summed E-state index contributed by atoms with van der Waals surface area (Å²) in [5.74, 6) is 0.129. The topological polar surface area (TPSA) is 67.4 Å². The highest BCUT2D eigenvalue weighted by Gasteiger charge is 2.14. The van der Waals surface area contributed by atoms with Crippen molar-refractivity contribution in [2.45, 2.75) is 20.3 Å². The molecule has 0 heterocycles. The molecule has 5 nitrogen and oxygen atoms in total. The van der Waals surface area contributed by atoms with Gasteiger partial charge in [-0.25, -0.2) is 0 Å². The zero-order chi connectivity index (χ0) is 18.2. The molecule has 2 aromatic carbocycles. The maximum absolute atomic E-state index is 12.6. The van der Waals surface area contributed by atoms with E-state index in [0.717, 1.165) is 6.42 Å². The molecule has 2 N–H and O–H groups in total. The number of ether oxygens (including phenoxy) is 1. The largest absolute Gasteiger partial charge is 0.497 e. The van der Waals surface area contributed by atoms with Gasteiger partial charge in [0.1, 0.15) is 5.75 Å². The summed E-state index contributed by atoms with van der Waals surface area (Å²) >= 11 is 0. The molecule has 0 atom stereocenters. The fourth-order valence-corrected chi connectivity index (χ4v) is 2.31. The van der Waals surface area contributed by atoms with Crippen LogP contribution < -0.4 is 15.4 Å². The zero-order valence-electron chi connectivity index (χ0n) is 14.6. The number of hydrogen-bond acceptors (Lipinski definition) is 3. The van der Waals surface area contributed by atoms with Gasteiger partial charge in [0.05, 0.1) is 18.4 Å². The highest BCUT2D eigenvalue weighted by Crippen LogP contribution is 2.21. The van der Waals surface area contributed by atoms with Crippen LogP contribution in [-0.4, -0.2) is 18.9 Å². The molecular formula is C20H22N2O3. The Labute approximate surface area is 147 Å². The van der Waals surface area contributed by atoms with Gasteiger partial charge in [0.2, 0.25) is 0 Å². The molecule has 0 radical (unpaired) electrons. The monoisotopic (exact) mass is 338 g/mol. The van der Waals surface area contributed by atoms with Gasteiger partial charge in [0.25, 0.3) is 11.8 Å². The number of carbonyl (C=O) groups excluding carboxylic acids is 2. The van der Waals surface area contributed by atoms with E-state index in [9.17, 15) is 9.59 Å². The first-order valence-electron chi connectivity index (χ1n) is 8.07. The highest BCUT2D eigenvalue weighted by molar-refractivity contribution is 6.12. The Kier molecular flexibility index (Phi) is 6.34. The smallest absolute Gasteiger partial charge is 0.257 e. The Morgan fingerprint density at radius 2 is 1.84 bits per heavy atom. The van der Waals surface area contributed by atoms with Crippen molar-refractivity contribution < 1.29 is 14.3 Å². The second-order valence-corrected chi connectivity index (χ2v) is 5.48. The van der Waals surface area contributed by atoms with E-state index in [0.29, 0.717) is 28.3 Å². The van der Waals surface area contributed by atoms with Crippen molar-refractivity contribution in [3.63, 3.8) is 0 Å². The number of allylic oxidation sites excluding steroid dienone is 1. The first-order chi connectivity index (χ1) is 12.0. The van der Waals surface area contributed by atoms with E-state index < -0.39 is 0 Å².